The van der Waals surface area contributed by atoms with Crippen LogP contribution in [0.2, 0.25) is 0 Å². The molecule has 23 heavy (non-hydrogen) atoms. The Kier molecular flexibility index (Phi) is 4.38. The van der Waals surface area contributed by atoms with Crippen LogP contribution < -0.4 is 5.32 Å². The molecule has 0 saturated carbocycles. The molecule has 0 aliphatic heterocycles. The minimum absolute atomic E-state index is 0.00663. The number of benzene rings is 1. The molecule has 0 bridgehead atoms. The number of amides is 1. The SMILES string of the molecule is Cc1cccc(C(C)C)c1NC(=O)CCc1nn2cnnc2s1. The summed E-state index contributed by atoms with van der Waals surface area (Å²) < 4.78 is 1.64. The Morgan fingerprint density at radius 3 is 2.96 bits per heavy atom. The lowest BCUT2D eigenvalue weighted by Crippen LogP contribution is -2.15. The second-order valence-electron chi connectivity index (χ2n) is 5.80. The molecule has 0 aliphatic rings. The first-order valence-electron chi connectivity index (χ1n) is 7.59. The molecule has 3 rings (SSSR count). The number of carbonyl (C=O) groups excluding carboxylic acids is 1. The molecule has 6 nitrogen and oxygen atoms in total. The molecule has 1 amide bonds. The van der Waals surface area contributed by atoms with Crippen molar-refractivity contribution in [3.8, 4) is 0 Å². The Hall–Kier alpha value is -2.28. The minimum Gasteiger partial charge on any atom is -0.326 e. The van der Waals surface area contributed by atoms with Crippen molar-refractivity contribution >= 4 is 27.9 Å². The minimum atomic E-state index is 0.00663. The first-order chi connectivity index (χ1) is 11.0. The predicted octanol–water partition coefficient (Wildman–Crippen LogP) is 3.19. The van der Waals surface area contributed by atoms with E-state index < -0.39 is 0 Å². The van der Waals surface area contributed by atoms with E-state index in [2.05, 4.69) is 40.5 Å². The van der Waals surface area contributed by atoms with Gasteiger partial charge in [-0.15, -0.1) is 10.2 Å². The molecular weight excluding hydrogens is 310 g/mol. The number of hydrogen-bond donors (Lipinski definition) is 1. The maximum Gasteiger partial charge on any atom is 0.234 e. The van der Waals surface area contributed by atoms with E-state index in [1.54, 1.807) is 10.8 Å². The van der Waals surface area contributed by atoms with E-state index in [1.807, 2.05) is 19.1 Å². The van der Waals surface area contributed by atoms with Crippen molar-refractivity contribution < 1.29 is 4.79 Å². The van der Waals surface area contributed by atoms with Gasteiger partial charge in [-0.2, -0.15) is 9.61 Å². The number of hydrogen-bond acceptors (Lipinski definition) is 5. The summed E-state index contributed by atoms with van der Waals surface area (Å²) in [6.45, 7) is 6.28. The van der Waals surface area contributed by atoms with Gasteiger partial charge in [0.15, 0.2) is 0 Å². The van der Waals surface area contributed by atoms with Crippen LogP contribution in [0.25, 0.3) is 4.96 Å². The molecule has 2 heterocycles. The van der Waals surface area contributed by atoms with Gasteiger partial charge >= 0.3 is 0 Å². The highest BCUT2D eigenvalue weighted by atomic mass is 32.1. The van der Waals surface area contributed by atoms with Gasteiger partial charge in [0.1, 0.15) is 11.3 Å². The van der Waals surface area contributed by atoms with Crippen LogP contribution in [0.1, 0.15) is 42.3 Å². The van der Waals surface area contributed by atoms with E-state index in [0.29, 0.717) is 18.8 Å². The average molecular weight is 329 g/mol. The standard InChI is InChI=1S/C16H19N5OS/c1-10(2)12-6-4-5-11(3)15(12)18-13(22)7-8-14-20-21-9-17-19-16(21)23-14/h4-6,9-10H,7-8H2,1-3H3,(H,18,22). The summed E-state index contributed by atoms with van der Waals surface area (Å²) in [5, 5.41) is 16.0. The van der Waals surface area contributed by atoms with Crippen molar-refractivity contribution in [2.24, 2.45) is 0 Å². The van der Waals surface area contributed by atoms with Crippen LogP contribution in [-0.4, -0.2) is 25.7 Å². The molecule has 0 spiro atoms. The van der Waals surface area contributed by atoms with Gasteiger partial charge in [0, 0.05) is 18.5 Å². The second kappa shape index (κ2) is 6.45. The monoisotopic (exact) mass is 329 g/mol. The molecule has 2 aromatic heterocycles. The third kappa shape index (κ3) is 3.39. The Labute approximate surface area is 138 Å². The highest BCUT2D eigenvalue weighted by molar-refractivity contribution is 7.16. The van der Waals surface area contributed by atoms with E-state index in [1.165, 1.54) is 11.3 Å². The van der Waals surface area contributed by atoms with Gasteiger partial charge in [0.2, 0.25) is 10.9 Å². The van der Waals surface area contributed by atoms with Crippen LogP contribution in [-0.2, 0) is 11.2 Å². The fourth-order valence-corrected chi connectivity index (χ4v) is 3.28. The molecule has 3 aromatic rings. The number of aromatic nitrogens is 4. The van der Waals surface area contributed by atoms with Gasteiger partial charge in [-0.05, 0) is 24.0 Å². The van der Waals surface area contributed by atoms with Gasteiger partial charge in [0.25, 0.3) is 0 Å². The topological polar surface area (TPSA) is 72.2 Å². The molecule has 0 fully saturated rings. The van der Waals surface area contributed by atoms with E-state index in [0.717, 1.165) is 26.8 Å². The van der Waals surface area contributed by atoms with Crippen molar-refractivity contribution in [1.82, 2.24) is 19.8 Å². The molecule has 0 saturated heterocycles. The zero-order valence-corrected chi connectivity index (χ0v) is 14.2. The first-order valence-corrected chi connectivity index (χ1v) is 8.41. The summed E-state index contributed by atoms with van der Waals surface area (Å²) in [4.78, 5) is 13.0. The quantitative estimate of drug-likeness (QED) is 0.780. The second-order valence-corrected chi connectivity index (χ2v) is 6.84. The van der Waals surface area contributed by atoms with E-state index >= 15 is 0 Å². The summed E-state index contributed by atoms with van der Waals surface area (Å²) in [6.07, 6.45) is 2.57. The van der Waals surface area contributed by atoms with Crippen LogP contribution in [0.4, 0.5) is 5.69 Å². The smallest absolute Gasteiger partial charge is 0.234 e. The maximum atomic E-state index is 12.3. The van der Waals surface area contributed by atoms with Gasteiger partial charge in [0.05, 0.1) is 0 Å². The summed E-state index contributed by atoms with van der Waals surface area (Å²) in [7, 11) is 0. The van der Waals surface area contributed by atoms with Gasteiger partial charge < -0.3 is 5.32 Å². The molecule has 1 aromatic carbocycles. The average Bonchev–Trinajstić information content (AvgIpc) is 3.08. The Morgan fingerprint density at radius 1 is 1.39 bits per heavy atom. The molecule has 0 unspecified atom stereocenters. The molecule has 0 radical (unpaired) electrons. The molecule has 7 heteroatoms. The number of rotatable bonds is 5. The van der Waals surface area contributed by atoms with E-state index in [9.17, 15) is 4.79 Å². The van der Waals surface area contributed by atoms with Gasteiger partial charge in [-0.3, -0.25) is 4.79 Å². The Balaban J connectivity index is 1.66. The highest BCUT2D eigenvalue weighted by Crippen LogP contribution is 2.27. The Morgan fingerprint density at radius 2 is 2.22 bits per heavy atom. The zero-order chi connectivity index (χ0) is 16.4. The summed E-state index contributed by atoms with van der Waals surface area (Å²) in [5.41, 5.74) is 3.19. The molecule has 120 valence electrons. The third-order valence-electron chi connectivity index (χ3n) is 3.69. The van der Waals surface area contributed by atoms with E-state index in [4.69, 9.17) is 0 Å². The number of anilines is 1. The van der Waals surface area contributed by atoms with Gasteiger partial charge in [-0.1, -0.05) is 43.4 Å². The number of nitrogens with one attached hydrogen (secondary N) is 1. The van der Waals surface area contributed by atoms with Crippen LogP contribution >= 0.6 is 11.3 Å². The van der Waals surface area contributed by atoms with Crippen LogP contribution in [0.3, 0.4) is 0 Å². The lowest BCUT2D eigenvalue weighted by Gasteiger charge is -2.16. The Bertz CT molecular complexity index is 807. The highest BCUT2D eigenvalue weighted by Gasteiger charge is 2.13. The number of aryl methyl sites for hydroxylation is 2. The third-order valence-corrected chi connectivity index (χ3v) is 4.66. The van der Waals surface area contributed by atoms with Crippen LogP contribution in [0, 0.1) is 6.92 Å². The first kappa shape index (κ1) is 15.6. The molecule has 1 N–H and O–H groups in total. The van der Waals surface area contributed by atoms with Crippen LogP contribution in [0.15, 0.2) is 24.5 Å². The van der Waals surface area contributed by atoms with Crippen molar-refractivity contribution in [3.05, 3.63) is 40.7 Å². The fraction of sp³-hybridized carbons (Fsp3) is 0.375. The summed E-state index contributed by atoms with van der Waals surface area (Å²) >= 11 is 1.46. The number of fused-ring (bicyclic) bond motifs is 1. The van der Waals surface area contributed by atoms with Crippen molar-refractivity contribution in [1.29, 1.82) is 0 Å². The molecule has 0 atom stereocenters. The fourth-order valence-electron chi connectivity index (χ4n) is 2.47. The summed E-state index contributed by atoms with van der Waals surface area (Å²) in [5.74, 6) is 0.372. The molecule has 0 aliphatic carbocycles. The van der Waals surface area contributed by atoms with Crippen molar-refractivity contribution in [3.63, 3.8) is 0 Å². The van der Waals surface area contributed by atoms with Crippen molar-refractivity contribution in [2.75, 3.05) is 5.32 Å². The zero-order valence-electron chi connectivity index (χ0n) is 13.4. The summed E-state index contributed by atoms with van der Waals surface area (Å²) in [6, 6.07) is 6.11. The molecular formula is C16H19N5OS. The lowest BCUT2D eigenvalue weighted by atomic mass is 9.98. The number of para-hydroxylation sites is 1. The number of carbonyl (C=O) groups is 1. The van der Waals surface area contributed by atoms with E-state index in [-0.39, 0.29) is 5.91 Å². The van der Waals surface area contributed by atoms with Gasteiger partial charge in [-0.25, -0.2) is 0 Å². The lowest BCUT2D eigenvalue weighted by molar-refractivity contribution is -0.116. The van der Waals surface area contributed by atoms with Crippen LogP contribution in [0.5, 0.6) is 0 Å². The maximum absolute atomic E-state index is 12.3. The largest absolute Gasteiger partial charge is 0.326 e. The predicted molar refractivity (Wildman–Crippen MR) is 90.9 cm³/mol. The number of nitrogens with zero attached hydrogens (tertiary/aromatic N) is 4. The van der Waals surface area contributed by atoms with Crippen molar-refractivity contribution in [2.45, 2.75) is 39.5 Å². The normalized spacial score (nSPS) is 11.3.